The van der Waals surface area contributed by atoms with E-state index in [4.69, 9.17) is 5.73 Å². The van der Waals surface area contributed by atoms with Gasteiger partial charge < -0.3 is 10.6 Å². The Morgan fingerprint density at radius 3 is 2.35 bits per heavy atom. The fraction of sp³-hybridized carbons (Fsp3) is 0.938. The van der Waals surface area contributed by atoms with Crippen molar-refractivity contribution >= 4 is 5.91 Å². The van der Waals surface area contributed by atoms with Crippen molar-refractivity contribution in [3.63, 3.8) is 0 Å². The number of unbranched alkanes of at least 4 members (excludes halogenated alkanes) is 2. The van der Waals surface area contributed by atoms with Crippen molar-refractivity contribution in [3.8, 4) is 0 Å². The molecule has 118 valence electrons. The van der Waals surface area contributed by atoms with Gasteiger partial charge in [-0.15, -0.1) is 0 Å². The van der Waals surface area contributed by atoms with Gasteiger partial charge in [0.2, 0.25) is 5.91 Å². The summed E-state index contributed by atoms with van der Waals surface area (Å²) in [5.41, 5.74) is 6.11. The Hall–Kier alpha value is -0.610. The van der Waals surface area contributed by atoms with Gasteiger partial charge in [-0.05, 0) is 31.7 Å². The minimum absolute atomic E-state index is 0.219. The molecule has 0 aliphatic carbocycles. The minimum Gasteiger partial charge on any atom is -0.342 e. The number of hydrogen-bond acceptors (Lipinski definition) is 3. The van der Waals surface area contributed by atoms with Crippen LogP contribution in [0, 0.1) is 5.92 Å². The van der Waals surface area contributed by atoms with Crippen LogP contribution in [-0.2, 0) is 4.79 Å². The van der Waals surface area contributed by atoms with E-state index in [1.165, 1.54) is 0 Å². The highest BCUT2D eigenvalue weighted by Crippen LogP contribution is 2.15. The summed E-state index contributed by atoms with van der Waals surface area (Å²) in [4.78, 5) is 16.7. The molecule has 0 spiro atoms. The van der Waals surface area contributed by atoms with Crippen LogP contribution in [0.1, 0.15) is 52.9 Å². The summed E-state index contributed by atoms with van der Waals surface area (Å²) >= 11 is 0. The molecule has 1 fully saturated rings. The molecule has 0 aromatic heterocycles. The van der Waals surface area contributed by atoms with E-state index in [1.807, 2.05) is 0 Å². The van der Waals surface area contributed by atoms with E-state index in [0.29, 0.717) is 12.5 Å². The second-order valence-electron chi connectivity index (χ2n) is 6.25. The van der Waals surface area contributed by atoms with Gasteiger partial charge in [-0.25, -0.2) is 0 Å². The lowest BCUT2D eigenvalue weighted by Gasteiger charge is -2.35. The zero-order chi connectivity index (χ0) is 15.0. The van der Waals surface area contributed by atoms with Crippen LogP contribution in [0.15, 0.2) is 0 Å². The van der Waals surface area contributed by atoms with Crippen LogP contribution in [0.25, 0.3) is 0 Å². The van der Waals surface area contributed by atoms with Crippen molar-refractivity contribution in [2.45, 2.75) is 58.9 Å². The van der Waals surface area contributed by atoms with Crippen LogP contribution in [-0.4, -0.2) is 54.5 Å². The first-order valence-electron chi connectivity index (χ1n) is 8.34. The molecule has 4 heteroatoms. The van der Waals surface area contributed by atoms with Crippen LogP contribution in [0.2, 0.25) is 0 Å². The van der Waals surface area contributed by atoms with Crippen LogP contribution in [0.3, 0.4) is 0 Å². The van der Waals surface area contributed by atoms with Gasteiger partial charge in [-0.3, -0.25) is 9.69 Å². The number of rotatable bonds is 8. The first kappa shape index (κ1) is 17.4. The number of piperidine rings is 1. The SMILES string of the molecule is CCCCN(CCCC)C(=O)CN1CCC(C)C(N)C1. The quantitative estimate of drug-likeness (QED) is 0.742. The number of amides is 1. The Morgan fingerprint density at radius 2 is 1.85 bits per heavy atom. The van der Waals surface area contributed by atoms with Gasteiger partial charge in [0.25, 0.3) is 0 Å². The van der Waals surface area contributed by atoms with Crippen molar-refractivity contribution in [2.75, 3.05) is 32.7 Å². The fourth-order valence-electron chi connectivity index (χ4n) is 2.66. The van der Waals surface area contributed by atoms with Gasteiger partial charge in [0.1, 0.15) is 0 Å². The number of nitrogens with two attached hydrogens (primary N) is 1. The van der Waals surface area contributed by atoms with Crippen molar-refractivity contribution in [2.24, 2.45) is 11.7 Å². The summed E-state index contributed by atoms with van der Waals surface area (Å²) in [6.07, 6.45) is 5.60. The molecule has 0 aromatic carbocycles. The molecular formula is C16H33N3O. The molecule has 0 bridgehead atoms. The summed E-state index contributed by atoms with van der Waals surface area (Å²) < 4.78 is 0. The van der Waals surface area contributed by atoms with E-state index in [9.17, 15) is 4.79 Å². The summed E-state index contributed by atoms with van der Waals surface area (Å²) in [6, 6.07) is 0.219. The van der Waals surface area contributed by atoms with Gasteiger partial charge >= 0.3 is 0 Å². The Bertz CT molecular complexity index is 275. The van der Waals surface area contributed by atoms with Gasteiger partial charge in [-0.2, -0.15) is 0 Å². The molecule has 1 aliphatic heterocycles. The molecule has 0 saturated carbocycles. The van der Waals surface area contributed by atoms with Gasteiger partial charge in [-0.1, -0.05) is 33.6 Å². The second-order valence-corrected chi connectivity index (χ2v) is 6.25. The van der Waals surface area contributed by atoms with Crippen molar-refractivity contribution in [3.05, 3.63) is 0 Å². The molecule has 20 heavy (non-hydrogen) atoms. The fourth-order valence-corrected chi connectivity index (χ4v) is 2.66. The summed E-state index contributed by atoms with van der Waals surface area (Å²) in [6.45, 7) is 10.8. The third-order valence-electron chi connectivity index (χ3n) is 4.38. The van der Waals surface area contributed by atoms with E-state index in [-0.39, 0.29) is 11.9 Å². The van der Waals surface area contributed by atoms with Crippen LogP contribution < -0.4 is 5.73 Å². The normalized spacial score (nSPS) is 23.8. The lowest BCUT2D eigenvalue weighted by atomic mass is 9.94. The van der Waals surface area contributed by atoms with Gasteiger partial charge in [0.05, 0.1) is 6.54 Å². The van der Waals surface area contributed by atoms with Gasteiger partial charge in [0, 0.05) is 25.7 Å². The molecule has 0 radical (unpaired) electrons. The maximum atomic E-state index is 12.5. The molecule has 4 nitrogen and oxygen atoms in total. The van der Waals surface area contributed by atoms with E-state index >= 15 is 0 Å². The lowest BCUT2D eigenvalue weighted by Crippen LogP contribution is -2.51. The maximum absolute atomic E-state index is 12.5. The van der Waals surface area contributed by atoms with Crippen molar-refractivity contribution in [1.82, 2.24) is 9.80 Å². The average Bonchev–Trinajstić information content (AvgIpc) is 2.43. The lowest BCUT2D eigenvalue weighted by molar-refractivity contribution is -0.133. The molecule has 2 unspecified atom stereocenters. The van der Waals surface area contributed by atoms with Crippen LogP contribution in [0.5, 0.6) is 0 Å². The van der Waals surface area contributed by atoms with Crippen molar-refractivity contribution in [1.29, 1.82) is 0 Å². The predicted molar refractivity (Wildman–Crippen MR) is 84.6 cm³/mol. The highest BCUT2D eigenvalue weighted by atomic mass is 16.2. The van der Waals surface area contributed by atoms with Crippen LogP contribution in [0.4, 0.5) is 0 Å². The molecular weight excluding hydrogens is 250 g/mol. The molecule has 1 aliphatic rings. The molecule has 1 amide bonds. The molecule has 0 aromatic rings. The van der Waals surface area contributed by atoms with E-state index in [2.05, 4.69) is 30.6 Å². The second kappa shape index (κ2) is 9.35. The Kier molecular flexibility index (Phi) is 8.15. The maximum Gasteiger partial charge on any atom is 0.236 e. The number of hydrogen-bond donors (Lipinski definition) is 1. The topological polar surface area (TPSA) is 49.6 Å². The largest absolute Gasteiger partial charge is 0.342 e. The standard InChI is InChI=1S/C16H33N3O/c1-4-6-9-19(10-7-5-2)16(20)13-18-11-8-14(3)15(17)12-18/h14-15H,4-13,17H2,1-3H3. The van der Waals surface area contributed by atoms with E-state index in [0.717, 1.165) is 58.3 Å². The van der Waals surface area contributed by atoms with Crippen molar-refractivity contribution < 1.29 is 4.79 Å². The van der Waals surface area contributed by atoms with E-state index < -0.39 is 0 Å². The predicted octanol–water partition coefficient (Wildman–Crippen LogP) is 2.08. The summed E-state index contributed by atoms with van der Waals surface area (Å²) in [5, 5.41) is 0. The number of carbonyl (C=O) groups excluding carboxylic acids is 1. The van der Waals surface area contributed by atoms with Crippen LogP contribution >= 0.6 is 0 Å². The molecule has 1 heterocycles. The number of likely N-dealkylation sites (tertiary alicyclic amines) is 1. The molecule has 2 atom stereocenters. The Labute approximate surface area is 124 Å². The highest BCUT2D eigenvalue weighted by molar-refractivity contribution is 5.78. The molecule has 2 N–H and O–H groups in total. The Morgan fingerprint density at radius 1 is 1.25 bits per heavy atom. The smallest absolute Gasteiger partial charge is 0.236 e. The zero-order valence-electron chi connectivity index (χ0n) is 13.6. The number of carbonyl (C=O) groups is 1. The Balaban J connectivity index is 2.43. The summed E-state index contributed by atoms with van der Waals surface area (Å²) in [7, 11) is 0. The third kappa shape index (κ3) is 5.80. The first-order valence-corrected chi connectivity index (χ1v) is 8.34. The van der Waals surface area contributed by atoms with Gasteiger partial charge in [0.15, 0.2) is 0 Å². The molecule has 1 rings (SSSR count). The monoisotopic (exact) mass is 283 g/mol. The minimum atomic E-state index is 0.219. The average molecular weight is 283 g/mol. The third-order valence-corrected chi connectivity index (χ3v) is 4.38. The number of nitrogens with zero attached hydrogens (tertiary/aromatic N) is 2. The zero-order valence-corrected chi connectivity index (χ0v) is 13.6. The molecule has 1 saturated heterocycles. The first-order chi connectivity index (χ1) is 9.58. The van der Waals surface area contributed by atoms with E-state index in [1.54, 1.807) is 0 Å². The summed E-state index contributed by atoms with van der Waals surface area (Å²) in [5.74, 6) is 0.867. The highest BCUT2D eigenvalue weighted by Gasteiger charge is 2.25.